The molecule has 2 aliphatic rings. The van der Waals surface area contributed by atoms with Crippen LogP contribution in [-0.4, -0.2) is 90.8 Å². The predicted octanol–water partition coefficient (Wildman–Crippen LogP) is 4.94. The van der Waals surface area contributed by atoms with Gasteiger partial charge in [0.15, 0.2) is 10.1 Å². The molecule has 0 unspecified atom stereocenters. The van der Waals surface area contributed by atoms with Gasteiger partial charge in [-0.25, -0.2) is 30.2 Å². The molecule has 4 rings (SSSR count). The Kier molecular flexibility index (Phi) is 12.7. The average molecular weight is 650 g/mol. The number of hydrogen-bond donors (Lipinski definition) is 0. The smallest absolute Gasteiger partial charge is 0.274 e. The summed E-state index contributed by atoms with van der Waals surface area (Å²) in [5.74, 6) is 0.805. The predicted molar refractivity (Wildman–Crippen MR) is 168 cm³/mol. The molecule has 0 amide bonds. The van der Waals surface area contributed by atoms with Crippen LogP contribution < -0.4 is 0 Å². The third-order valence-electron chi connectivity index (χ3n) is 7.68. The molecule has 14 nitrogen and oxygen atoms in total. The molecule has 0 aliphatic carbocycles. The molecular weight excluding hydrogens is 611 g/mol. The molecule has 16 heteroatoms. The monoisotopic (exact) mass is 648 g/mol. The van der Waals surface area contributed by atoms with Crippen molar-refractivity contribution in [3.8, 4) is 0 Å². The van der Waals surface area contributed by atoms with E-state index >= 15 is 0 Å². The van der Waals surface area contributed by atoms with Crippen molar-refractivity contribution in [2.24, 2.45) is 10.2 Å². The van der Waals surface area contributed by atoms with E-state index in [1.54, 1.807) is 24.5 Å². The molecule has 2 aromatic rings. The number of halogens is 2. The van der Waals surface area contributed by atoms with Gasteiger partial charge in [0.2, 0.25) is 0 Å². The molecule has 0 radical (unpaired) electrons. The standard InChI is InChI=1S/C28H38Cl2N10O4/c29-25-11-9-23(19-31-25)21-37-17-15-35(27(37)33-39(41)42)13-7-5-3-1-2-4-6-8-14-36-16-18-38(28(36)34-40(43)44)22-24-10-12-26(30)32-20-24/h9-12,19-20H,1-8,13-18,21-22H2. The number of pyridine rings is 2. The highest BCUT2D eigenvalue weighted by molar-refractivity contribution is 6.29. The molecule has 0 bridgehead atoms. The normalized spacial score (nSPS) is 17.0. The Hall–Kier alpha value is -3.78. The van der Waals surface area contributed by atoms with E-state index in [4.69, 9.17) is 23.2 Å². The van der Waals surface area contributed by atoms with Gasteiger partial charge in [-0.2, -0.15) is 0 Å². The van der Waals surface area contributed by atoms with Crippen LogP contribution in [0.3, 0.4) is 0 Å². The third kappa shape index (κ3) is 10.4. The highest BCUT2D eigenvalue weighted by atomic mass is 35.5. The van der Waals surface area contributed by atoms with Crippen LogP contribution in [0.4, 0.5) is 0 Å². The van der Waals surface area contributed by atoms with Gasteiger partial charge in [-0.15, -0.1) is 0 Å². The summed E-state index contributed by atoms with van der Waals surface area (Å²) >= 11 is 11.7. The molecule has 0 atom stereocenters. The third-order valence-corrected chi connectivity index (χ3v) is 8.13. The van der Waals surface area contributed by atoms with Crippen molar-refractivity contribution in [1.29, 1.82) is 0 Å². The van der Waals surface area contributed by atoms with Crippen molar-refractivity contribution in [2.75, 3.05) is 39.3 Å². The van der Waals surface area contributed by atoms with E-state index in [0.717, 1.165) is 75.6 Å². The van der Waals surface area contributed by atoms with Crippen LogP contribution >= 0.6 is 23.2 Å². The summed E-state index contributed by atoms with van der Waals surface area (Å²) < 4.78 is 0. The lowest BCUT2D eigenvalue weighted by Gasteiger charge is -2.20. The molecule has 0 saturated carbocycles. The van der Waals surface area contributed by atoms with Crippen LogP contribution in [0.1, 0.15) is 62.5 Å². The minimum Gasteiger partial charge on any atom is -0.336 e. The maximum Gasteiger partial charge on any atom is 0.274 e. The molecular formula is C28H38Cl2N10O4. The molecule has 238 valence electrons. The Morgan fingerprint density at radius 3 is 1.32 bits per heavy atom. The first kappa shape index (κ1) is 33.1. The number of nitro groups is 2. The van der Waals surface area contributed by atoms with Gasteiger partial charge in [0.25, 0.3) is 11.9 Å². The molecule has 4 heterocycles. The number of unbranched alkanes of at least 4 members (excludes halogenated alkanes) is 7. The highest BCUT2D eigenvalue weighted by Gasteiger charge is 2.30. The largest absolute Gasteiger partial charge is 0.336 e. The van der Waals surface area contributed by atoms with E-state index in [9.17, 15) is 20.2 Å². The Bertz CT molecular complexity index is 1200. The number of nitrogens with zero attached hydrogens (tertiary/aromatic N) is 10. The minimum absolute atomic E-state index is 0.402. The first-order valence-corrected chi connectivity index (χ1v) is 15.7. The van der Waals surface area contributed by atoms with Crippen molar-refractivity contribution in [3.63, 3.8) is 0 Å². The van der Waals surface area contributed by atoms with Crippen molar-refractivity contribution >= 4 is 35.1 Å². The molecule has 0 aromatic carbocycles. The van der Waals surface area contributed by atoms with Gasteiger partial charge in [-0.1, -0.05) is 73.9 Å². The van der Waals surface area contributed by atoms with Crippen molar-refractivity contribution in [1.82, 2.24) is 29.6 Å². The topological polar surface area (TPSA) is 150 Å². The first-order chi connectivity index (χ1) is 21.3. The quantitative estimate of drug-likeness (QED) is 0.0999. The Balaban J connectivity index is 1.09. The van der Waals surface area contributed by atoms with Crippen LogP contribution in [0.2, 0.25) is 10.3 Å². The van der Waals surface area contributed by atoms with E-state index < -0.39 is 10.1 Å². The number of hydrogen-bond acceptors (Lipinski definition) is 6. The van der Waals surface area contributed by atoms with E-state index in [-0.39, 0.29) is 0 Å². The first-order valence-electron chi connectivity index (χ1n) is 14.9. The number of aromatic nitrogens is 2. The van der Waals surface area contributed by atoms with E-state index in [1.807, 2.05) is 31.7 Å². The summed E-state index contributed by atoms with van der Waals surface area (Å²) in [4.78, 5) is 38.4. The Morgan fingerprint density at radius 2 is 0.977 bits per heavy atom. The zero-order chi connectivity index (χ0) is 31.3. The maximum absolute atomic E-state index is 11.2. The molecule has 2 aliphatic heterocycles. The molecule has 2 saturated heterocycles. The van der Waals surface area contributed by atoms with E-state index in [2.05, 4.69) is 20.2 Å². The lowest BCUT2D eigenvalue weighted by Crippen LogP contribution is -2.34. The van der Waals surface area contributed by atoms with Gasteiger partial charge in [0.05, 0.1) is 0 Å². The van der Waals surface area contributed by atoms with E-state index in [0.29, 0.717) is 61.5 Å². The van der Waals surface area contributed by atoms with Gasteiger partial charge in [0, 0.05) is 64.8 Å². The summed E-state index contributed by atoms with van der Waals surface area (Å²) in [6.45, 7) is 5.20. The lowest BCUT2D eigenvalue weighted by molar-refractivity contribution is -0.486. The van der Waals surface area contributed by atoms with Crippen LogP contribution in [0.25, 0.3) is 0 Å². The molecule has 2 aromatic heterocycles. The van der Waals surface area contributed by atoms with Gasteiger partial charge in [-0.3, -0.25) is 0 Å². The fraction of sp³-hybridized carbons (Fsp3) is 0.571. The zero-order valence-electron chi connectivity index (χ0n) is 24.6. The summed E-state index contributed by atoms with van der Waals surface area (Å²) in [6, 6.07) is 7.16. The van der Waals surface area contributed by atoms with Crippen molar-refractivity contribution < 1.29 is 10.1 Å². The summed E-state index contributed by atoms with van der Waals surface area (Å²) in [5.41, 5.74) is 1.85. The van der Waals surface area contributed by atoms with Crippen molar-refractivity contribution in [2.45, 2.75) is 64.5 Å². The Morgan fingerprint density at radius 1 is 0.614 bits per heavy atom. The second kappa shape index (κ2) is 16.9. The lowest BCUT2D eigenvalue weighted by atomic mass is 10.1. The molecule has 44 heavy (non-hydrogen) atoms. The summed E-state index contributed by atoms with van der Waals surface area (Å²) in [7, 11) is 0. The average Bonchev–Trinajstić information content (AvgIpc) is 3.54. The minimum atomic E-state index is -0.629. The fourth-order valence-electron chi connectivity index (χ4n) is 5.51. The molecule has 0 N–H and O–H groups in total. The number of rotatable bonds is 17. The molecule has 2 fully saturated rings. The number of hydrazone groups is 2. The van der Waals surface area contributed by atoms with Gasteiger partial charge < -0.3 is 19.6 Å². The SMILES string of the molecule is O=[N+]([O-])N=C1N(CCCCCCCCCCN2CCN(Cc3ccc(Cl)nc3)C2=N[N+](=O)[O-])CCN1Cc1ccc(Cl)nc1. The summed E-state index contributed by atoms with van der Waals surface area (Å²) in [5, 5.41) is 29.3. The van der Waals surface area contributed by atoms with Gasteiger partial charge >= 0.3 is 0 Å². The van der Waals surface area contributed by atoms with E-state index in [1.165, 1.54) is 0 Å². The zero-order valence-corrected chi connectivity index (χ0v) is 26.2. The molecule has 0 spiro atoms. The Labute approximate surface area is 266 Å². The van der Waals surface area contributed by atoms with Gasteiger partial charge in [0.1, 0.15) is 20.5 Å². The summed E-state index contributed by atoms with van der Waals surface area (Å²) in [6.07, 6.45) is 11.8. The van der Waals surface area contributed by atoms with Crippen LogP contribution in [-0.2, 0) is 13.1 Å². The van der Waals surface area contributed by atoms with Crippen LogP contribution in [0.5, 0.6) is 0 Å². The second-order valence-corrected chi connectivity index (χ2v) is 11.7. The maximum atomic E-state index is 11.2. The van der Waals surface area contributed by atoms with Crippen LogP contribution in [0, 0.1) is 20.2 Å². The van der Waals surface area contributed by atoms with Gasteiger partial charge in [-0.05, 0) is 36.1 Å². The fourth-order valence-corrected chi connectivity index (χ4v) is 5.74. The number of guanidine groups is 2. The second-order valence-electron chi connectivity index (χ2n) is 10.9. The van der Waals surface area contributed by atoms with Crippen LogP contribution in [0.15, 0.2) is 46.9 Å². The van der Waals surface area contributed by atoms with Crippen molar-refractivity contribution in [3.05, 3.63) is 78.3 Å². The highest BCUT2D eigenvalue weighted by Crippen LogP contribution is 2.18.